The van der Waals surface area contributed by atoms with E-state index in [1.165, 1.54) is 17.8 Å². The van der Waals surface area contributed by atoms with Gasteiger partial charge in [0.1, 0.15) is 11.5 Å². The van der Waals surface area contributed by atoms with Gasteiger partial charge in [0.05, 0.1) is 15.8 Å². The molecule has 1 aromatic heterocycles. The van der Waals surface area contributed by atoms with Gasteiger partial charge < -0.3 is 4.42 Å². The maximum absolute atomic E-state index is 13.2. The number of nitro benzene ring substituents is 1. The van der Waals surface area contributed by atoms with Crippen LogP contribution >= 0.6 is 27.7 Å². The minimum Gasteiger partial charge on any atom is -0.456 e. The summed E-state index contributed by atoms with van der Waals surface area (Å²) in [5, 5.41) is 22.4. The topological polar surface area (TPSA) is 113 Å². The average Bonchev–Trinajstić information content (AvgIpc) is 3.33. The summed E-state index contributed by atoms with van der Waals surface area (Å²) in [6.07, 6.45) is 1.29. The van der Waals surface area contributed by atoms with Crippen LogP contribution in [0.5, 0.6) is 0 Å². The number of hydrogen-bond acceptors (Lipinski definition) is 8. The number of para-hydroxylation sites is 1. The summed E-state index contributed by atoms with van der Waals surface area (Å²) in [5.41, 5.74) is 0.676. The van der Waals surface area contributed by atoms with E-state index in [0.29, 0.717) is 38.5 Å². The van der Waals surface area contributed by atoms with Crippen LogP contribution in [0.1, 0.15) is 31.7 Å². The predicted octanol–water partition coefficient (Wildman–Crippen LogP) is 4.29. The molecule has 2 aliphatic heterocycles. The van der Waals surface area contributed by atoms with Crippen molar-refractivity contribution in [1.29, 1.82) is 0 Å². The number of benzene rings is 2. The minimum atomic E-state index is -0.747. The summed E-state index contributed by atoms with van der Waals surface area (Å²) in [6.45, 7) is 2.10. The minimum absolute atomic E-state index is 0.0542. The van der Waals surface area contributed by atoms with Crippen molar-refractivity contribution in [2.75, 3.05) is 5.75 Å². The Kier molecular flexibility index (Phi) is 6.44. The first-order chi connectivity index (χ1) is 17.0. The van der Waals surface area contributed by atoms with E-state index in [4.69, 9.17) is 14.5 Å². The fraction of sp³-hybridized carbons (Fsp3) is 0.208. The zero-order valence-electron chi connectivity index (χ0n) is 18.6. The Morgan fingerprint density at radius 1 is 1.23 bits per heavy atom. The molecule has 0 saturated heterocycles. The number of unbranched alkanes of at least 4 members (excludes halogenated alkanes) is 1. The van der Waals surface area contributed by atoms with Crippen LogP contribution in [-0.4, -0.2) is 26.8 Å². The van der Waals surface area contributed by atoms with E-state index in [1.807, 2.05) is 18.2 Å². The monoisotopic (exact) mass is 553 g/mol. The standard InChI is InChI=1S/C24H20BrN5O4S/c1-2-3-12-35-24-27-23(31)21-16-13-14(25)8-9-17(16)26-22(29(21)28-24)20-11-10-19(34-20)15-6-4-5-7-18(15)30(32)33/h4-11,13,22H,2-3,12H2,1H3,(H,27,28,31)/t22-/m1/s1. The second-order valence-corrected chi connectivity index (χ2v) is 9.89. The third-order valence-corrected chi connectivity index (χ3v) is 7.00. The zero-order chi connectivity index (χ0) is 24.5. The Bertz CT molecular complexity index is 1490. The Balaban J connectivity index is 1.62. The first kappa shape index (κ1) is 23.3. The van der Waals surface area contributed by atoms with Crippen LogP contribution in [-0.2, 0) is 4.79 Å². The van der Waals surface area contributed by atoms with E-state index in [0.717, 1.165) is 23.1 Å². The quantitative estimate of drug-likeness (QED) is 0.276. The lowest BCUT2D eigenvalue weighted by Crippen LogP contribution is -2.50. The number of furan rings is 1. The Morgan fingerprint density at radius 3 is 2.86 bits per heavy atom. The second-order valence-electron chi connectivity index (χ2n) is 7.89. The molecule has 35 heavy (non-hydrogen) atoms. The number of hydrogen-bond donors (Lipinski definition) is 1. The fourth-order valence-corrected chi connectivity index (χ4v) is 5.19. The summed E-state index contributed by atoms with van der Waals surface area (Å²) in [5.74, 6) is 1.31. The third kappa shape index (κ3) is 4.48. The molecule has 1 N–H and O–H groups in total. The normalized spacial score (nSPS) is 16.7. The van der Waals surface area contributed by atoms with E-state index in [9.17, 15) is 14.9 Å². The molecule has 0 bridgehead atoms. The molecule has 3 aromatic rings. The average molecular weight is 554 g/mol. The van der Waals surface area contributed by atoms with E-state index in [1.54, 1.807) is 35.3 Å². The molecule has 2 aliphatic rings. The van der Waals surface area contributed by atoms with Gasteiger partial charge in [-0.15, -0.1) is 5.10 Å². The Labute approximate surface area is 212 Å². The van der Waals surface area contributed by atoms with Gasteiger partial charge in [-0.3, -0.25) is 20.2 Å². The molecule has 0 radical (unpaired) electrons. The van der Waals surface area contributed by atoms with Crippen molar-refractivity contribution in [3.63, 3.8) is 0 Å². The molecule has 1 amide bonds. The molecular formula is C24H20BrN5O4S. The molecular weight excluding hydrogens is 534 g/mol. The highest BCUT2D eigenvalue weighted by molar-refractivity contribution is 9.10. The number of thioether (sulfide) groups is 1. The lowest BCUT2D eigenvalue weighted by molar-refractivity contribution is -0.384. The van der Waals surface area contributed by atoms with E-state index < -0.39 is 11.1 Å². The van der Waals surface area contributed by atoms with Crippen molar-refractivity contribution in [1.82, 2.24) is 10.3 Å². The molecule has 11 heteroatoms. The molecule has 0 unspecified atom stereocenters. The molecule has 2 aromatic carbocycles. The molecule has 0 aliphatic carbocycles. The van der Waals surface area contributed by atoms with Crippen LogP contribution in [0.15, 0.2) is 73.6 Å². The summed E-state index contributed by atoms with van der Waals surface area (Å²) in [6, 6.07) is 15.3. The number of hydrazone groups is 1. The lowest BCUT2D eigenvalue weighted by atomic mass is 10.1. The van der Waals surface area contributed by atoms with Gasteiger partial charge in [0.2, 0.25) is 6.17 Å². The number of amides is 1. The molecule has 5 rings (SSSR count). The molecule has 1 atom stereocenters. The number of nitrogens with zero attached hydrogens (tertiary/aromatic N) is 4. The molecule has 0 fully saturated rings. The van der Waals surface area contributed by atoms with Crippen LogP contribution in [0.3, 0.4) is 0 Å². The number of carbonyl (C=O) groups is 1. The van der Waals surface area contributed by atoms with E-state index in [2.05, 4.69) is 28.2 Å². The number of carbonyl (C=O) groups excluding carboxylic acids is 1. The van der Waals surface area contributed by atoms with Crippen molar-refractivity contribution in [3.8, 4) is 11.3 Å². The van der Waals surface area contributed by atoms with Gasteiger partial charge in [0.25, 0.3) is 11.6 Å². The second kappa shape index (κ2) is 9.67. The van der Waals surface area contributed by atoms with E-state index >= 15 is 0 Å². The van der Waals surface area contributed by atoms with Crippen LogP contribution in [0.2, 0.25) is 0 Å². The highest BCUT2D eigenvalue weighted by atomic mass is 79.9. The van der Waals surface area contributed by atoms with Crippen LogP contribution in [0.4, 0.5) is 5.69 Å². The largest absolute Gasteiger partial charge is 0.456 e. The van der Waals surface area contributed by atoms with Gasteiger partial charge in [0.15, 0.2) is 10.9 Å². The third-order valence-electron chi connectivity index (χ3n) is 5.55. The summed E-state index contributed by atoms with van der Waals surface area (Å²) < 4.78 is 6.90. The van der Waals surface area contributed by atoms with Gasteiger partial charge >= 0.3 is 0 Å². The molecule has 0 saturated carbocycles. The highest BCUT2D eigenvalue weighted by Gasteiger charge is 2.36. The summed E-state index contributed by atoms with van der Waals surface area (Å²) >= 11 is 4.95. The number of nitro groups is 1. The predicted molar refractivity (Wildman–Crippen MR) is 137 cm³/mol. The van der Waals surface area contributed by atoms with Crippen molar-refractivity contribution < 1.29 is 14.1 Å². The van der Waals surface area contributed by atoms with Gasteiger partial charge in [-0.05, 0) is 42.8 Å². The van der Waals surface area contributed by atoms with Crippen molar-refractivity contribution in [3.05, 3.63) is 85.5 Å². The molecule has 3 heterocycles. The first-order valence-electron chi connectivity index (χ1n) is 11.0. The first-order valence-corrected chi connectivity index (χ1v) is 12.8. The van der Waals surface area contributed by atoms with E-state index in [-0.39, 0.29) is 11.6 Å². The Morgan fingerprint density at radius 2 is 2.06 bits per heavy atom. The number of amidine groups is 1. The smallest absolute Gasteiger partial charge is 0.280 e. The Hall–Kier alpha value is -3.44. The molecule has 0 spiro atoms. The summed E-state index contributed by atoms with van der Waals surface area (Å²) in [7, 11) is 0. The van der Waals surface area contributed by atoms with Crippen LogP contribution in [0, 0.1) is 10.1 Å². The van der Waals surface area contributed by atoms with Gasteiger partial charge in [-0.25, -0.2) is 10.0 Å². The van der Waals surface area contributed by atoms with Gasteiger partial charge in [0, 0.05) is 21.5 Å². The summed E-state index contributed by atoms with van der Waals surface area (Å²) in [4.78, 5) is 29.1. The number of halogens is 1. The number of rotatable bonds is 6. The van der Waals surface area contributed by atoms with Gasteiger partial charge in [-0.2, -0.15) is 0 Å². The van der Waals surface area contributed by atoms with Crippen LogP contribution < -0.4 is 15.9 Å². The maximum Gasteiger partial charge on any atom is 0.280 e. The van der Waals surface area contributed by atoms with Crippen LogP contribution in [0.25, 0.3) is 17.0 Å². The highest BCUT2D eigenvalue weighted by Crippen LogP contribution is 2.36. The van der Waals surface area contributed by atoms with Gasteiger partial charge in [-0.1, -0.05) is 53.2 Å². The van der Waals surface area contributed by atoms with Crippen molar-refractivity contribution in [2.45, 2.75) is 25.9 Å². The fourth-order valence-electron chi connectivity index (χ4n) is 3.89. The lowest BCUT2D eigenvalue weighted by Gasteiger charge is -2.32. The number of nitrogens with one attached hydrogen (secondary N) is 1. The maximum atomic E-state index is 13.2. The molecule has 9 nitrogen and oxygen atoms in total. The zero-order valence-corrected chi connectivity index (χ0v) is 21.0. The molecule has 178 valence electrons. The van der Waals surface area contributed by atoms with Crippen molar-refractivity contribution in [2.24, 2.45) is 10.1 Å². The van der Waals surface area contributed by atoms with Crippen molar-refractivity contribution >= 4 is 50.2 Å². The SMILES string of the molecule is CCCCSC1=NN2C(=c3cc(Br)ccc3=N[C@H]2c2ccc(-c3ccccc3[N+](=O)[O-])o2)C(=O)N1. The number of fused-ring (bicyclic) bond motifs is 2.